The Balaban J connectivity index is 1.75. The van der Waals surface area contributed by atoms with Crippen molar-refractivity contribution in [2.45, 2.75) is 6.17 Å². The van der Waals surface area contributed by atoms with Gasteiger partial charge in [0, 0.05) is 23.2 Å². The smallest absolute Gasteiger partial charge is 0.272 e. The van der Waals surface area contributed by atoms with Crippen LogP contribution in [0, 0.1) is 0 Å². The van der Waals surface area contributed by atoms with Gasteiger partial charge in [0.2, 0.25) is 12.1 Å². The van der Waals surface area contributed by atoms with Gasteiger partial charge in [0.25, 0.3) is 5.91 Å². The molecule has 1 atom stereocenters. The molecule has 0 radical (unpaired) electrons. The minimum Gasteiger partial charge on any atom is -0.333 e. The van der Waals surface area contributed by atoms with Crippen molar-refractivity contribution in [3.8, 4) is 0 Å². The van der Waals surface area contributed by atoms with Gasteiger partial charge in [0.1, 0.15) is 6.33 Å². The first kappa shape index (κ1) is 19.0. The molecule has 1 aliphatic rings. The average molecular weight is 426 g/mol. The molecular weight excluding hydrogens is 410 g/mol. The molecule has 0 bridgehead atoms. The van der Waals surface area contributed by atoms with Crippen LogP contribution in [0.5, 0.6) is 0 Å². The van der Waals surface area contributed by atoms with Gasteiger partial charge in [-0.15, -0.1) is 10.2 Å². The van der Waals surface area contributed by atoms with Crippen LogP contribution >= 0.6 is 23.8 Å². The van der Waals surface area contributed by atoms with Crippen LogP contribution < -0.4 is 15.5 Å². The van der Waals surface area contributed by atoms with Crippen molar-refractivity contribution in [1.29, 1.82) is 0 Å². The van der Waals surface area contributed by atoms with Crippen LogP contribution in [0.2, 0.25) is 5.02 Å². The quantitative estimate of drug-likeness (QED) is 0.558. The highest BCUT2D eigenvalue weighted by atomic mass is 35.5. The molecule has 4 rings (SSSR count). The fourth-order valence-electron chi connectivity index (χ4n) is 3.00. The number of fused-ring (bicyclic) bond motifs is 1. The molecule has 1 aromatic heterocycles. The minimum atomic E-state index is -0.940. The molecule has 3 N–H and O–H groups in total. The molecule has 2 heterocycles. The van der Waals surface area contributed by atoms with E-state index >= 15 is 0 Å². The number of carbonyl (C=O) groups is 1. The number of hydrogen-bond acceptors (Lipinski definition) is 5. The first-order valence-electron chi connectivity index (χ1n) is 8.67. The second-order valence-corrected chi connectivity index (χ2v) is 7.09. The lowest BCUT2D eigenvalue weighted by molar-refractivity contribution is -0.119. The van der Waals surface area contributed by atoms with Gasteiger partial charge in [0.15, 0.2) is 5.11 Å². The number of nitrogens with one attached hydrogen (secondary N) is 3. The van der Waals surface area contributed by atoms with Gasteiger partial charge in [-0.2, -0.15) is 0 Å². The van der Waals surface area contributed by atoms with Crippen LogP contribution in [0.1, 0.15) is 11.1 Å². The van der Waals surface area contributed by atoms with Crippen molar-refractivity contribution in [2.24, 2.45) is 4.99 Å². The average Bonchev–Trinajstić information content (AvgIpc) is 3.20. The zero-order valence-electron chi connectivity index (χ0n) is 15.3. The van der Waals surface area contributed by atoms with Crippen LogP contribution in [0.4, 0.5) is 11.6 Å². The third-order valence-corrected chi connectivity index (χ3v) is 4.82. The predicted molar refractivity (Wildman–Crippen MR) is 116 cm³/mol. The van der Waals surface area contributed by atoms with Crippen LogP contribution in [-0.2, 0) is 4.79 Å². The van der Waals surface area contributed by atoms with Crippen molar-refractivity contribution < 1.29 is 4.79 Å². The Morgan fingerprint density at radius 3 is 2.76 bits per heavy atom. The summed E-state index contributed by atoms with van der Waals surface area (Å²) in [6.45, 7) is 0. The lowest BCUT2D eigenvalue weighted by atomic mass is 10.0. The van der Waals surface area contributed by atoms with Gasteiger partial charge in [-0.3, -0.25) is 4.79 Å². The number of nitrogens with zero attached hydrogens (tertiary/aromatic N) is 4. The summed E-state index contributed by atoms with van der Waals surface area (Å²) in [4.78, 5) is 22.1. The highest BCUT2D eigenvalue weighted by Crippen LogP contribution is 2.29. The van der Waals surface area contributed by atoms with Crippen molar-refractivity contribution in [3.63, 3.8) is 0 Å². The van der Waals surface area contributed by atoms with E-state index in [9.17, 15) is 4.79 Å². The third-order valence-electron chi connectivity index (χ3n) is 4.36. The van der Waals surface area contributed by atoms with Crippen molar-refractivity contribution in [3.05, 3.63) is 71.0 Å². The van der Waals surface area contributed by atoms with E-state index in [0.717, 1.165) is 11.1 Å². The molecule has 2 aromatic carbocycles. The van der Waals surface area contributed by atoms with Crippen LogP contribution in [0.15, 0.2) is 59.9 Å². The summed E-state index contributed by atoms with van der Waals surface area (Å²) in [7, 11) is 1.69. The molecule has 3 aromatic rings. The number of hydrogen-bond donors (Lipinski definition) is 3. The lowest BCUT2D eigenvalue weighted by Gasteiger charge is -2.21. The van der Waals surface area contributed by atoms with Gasteiger partial charge in [-0.05, 0) is 30.4 Å². The second-order valence-electron chi connectivity index (χ2n) is 6.24. The molecule has 8 nitrogen and oxygen atoms in total. The summed E-state index contributed by atoms with van der Waals surface area (Å²) in [5.74, 6) is 0.0977. The number of thiocarbonyl (C=S) groups is 1. The van der Waals surface area contributed by atoms with E-state index in [-0.39, 0.29) is 11.0 Å². The molecule has 10 heteroatoms. The molecule has 0 saturated heterocycles. The molecule has 29 heavy (non-hydrogen) atoms. The number of amides is 1. The highest BCUT2D eigenvalue weighted by molar-refractivity contribution is 7.80. The Morgan fingerprint density at radius 1 is 1.24 bits per heavy atom. The zero-order chi connectivity index (χ0) is 20.4. The number of aromatic amines is 1. The fraction of sp³-hybridized carbons (Fsp3) is 0.105. The van der Waals surface area contributed by atoms with E-state index in [1.165, 1.54) is 6.33 Å². The molecule has 1 aliphatic heterocycles. The van der Waals surface area contributed by atoms with Crippen LogP contribution in [0.3, 0.4) is 0 Å². The second kappa shape index (κ2) is 7.98. The van der Waals surface area contributed by atoms with E-state index in [2.05, 4.69) is 25.8 Å². The zero-order valence-corrected chi connectivity index (χ0v) is 16.8. The largest absolute Gasteiger partial charge is 0.333 e. The summed E-state index contributed by atoms with van der Waals surface area (Å²) < 4.78 is 0. The number of halogens is 1. The molecule has 0 saturated carbocycles. The maximum Gasteiger partial charge on any atom is 0.272 e. The number of likely N-dealkylation sites (N-methyl/N-ethyl adjacent to an activating group) is 1. The maximum absolute atomic E-state index is 13.1. The molecule has 0 aliphatic carbocycles. The van der Waals surface area contributed by atoms with E-state index in [0.29, 0.717) is 22.4 Å². The Labute approximate surface area is 177 Å². The van der Waals surface area contributed by atoms with Crippen molar-refractivity contribution in [1.82, 2.24) is 20.5 Å². The summed E-state index contributed by atoms with van der Waals surface area (Å²) in [6.07, 6.45) is 0.478. The van der Waals surface area contributed by atoms with Crippen molar-refractivity contribution >= 4 is 52.2 Å². The number of aliphatic imine (C=N–C) groups is 1. The number of aromatic nitrogens is 3. The number of anilines is 2. The van der Waals surface area contributed by atoms with E-state index < -0.39 is 6.17 Å². The van der Waals surface area contributed by atoms with Crippen LogP contribution in [-0.4, -0.2) is 45.1 Å². The van der Waals surface area contributed by atoms with Crippen LogP contribution in [0.25, 0.3) is 0 Å². The summed E-state index contributed by atoms with van der Waals surface area (Å²) in [5, 5.41) is 14.0. The summed E-state index contributed by atoms with van der Waals surface area (Å²) in [6, 6.07) is 15.0. The molecular formula is C19H16ClN7OS. The Hall–Kier alpha value is -3.30. The molecule has 1 unspecified atom stereocenters. The molecule has 146 valence electrons. The van der Waals surface area contributed by atoms with Gasteiger partial charge < -0.3 is 20.5 Å². The van der Waals surface area contributed by atoms with Gasteiger partial charge in [-0.25, -0.2) is 4.99 Å². The van der Waals surface area contributed by atoms with Gasteiger partial charge >= 0.3 is 0 Å². The minimum absolute atomic E-state index is 0.189. The monoisotopic (exact) mass is 425 g/mol. The van der Waals surface area contributed by atoms with E-state index in [1.54, 1.807) is 24.1 Å². The highest BCUT2D eigenvalue weighted by Gasteiger charge is 2.30. The van der Waals surface area contributed by atoms with E-state index in [1.807, 2.05) is 36.4 Å². The summed E-state index contributed by atoms with van der Waals surface area (Å²) >= 11 is 11.6. The topological polar surface area (TPSA) is 98.3 Å². The van der Waals surface area contributed by atoms with Gasteiger partial charge in [0.05, 0.1) is 11.4 Å². The standard InChI is InChI=1S/C19H16ClN7OS/c1-27-14-8-7-12(20)9-13(14)15(11-5-3-2-4-6-11)23-16(17(27)28)24-19(29)25-18-21-10-22-26-18/h2-10,16H,1H3,(H3,21,22,24,25,26,29). The van der Waals surface area contributed by atoms with E-state index in [4.69, 9.17) is 28.8 Å². The SMILES string of the molecule is CN1C(=O)C(NC(=S)Nc2nnc[nH]2)N=C(c2ccccc2)c2cc(Cl)ccc21. The first-order chi connectivity index (χ1) is 14.0. The number of rotatable bonds is 3. The Morgan fingerprint density at radius 2 is 2.03 bits per heavy atom. The lowest BCUT2D eigenvalue weighted by Crippen LogP contribution is -2.47. The Kier molecular flexibility index (Phi) is 5.24. The first-order valence-corrected chi connectivity index (χ1v) is 9.46. The fourth-order valence-corrected chi connectivity index (χ4v) is 3.38. The van der Waals surface area contributed by atoms with Gasteiger partial charge in [-0.1, -0.05) is 41.9 Å². The molecule has 0 fully saturated rings. The number of H-pyrrole nitrogens is 1. The number of benzene rings is 2. The van der Waals surface area contributed by atoms with Crippen molar-refractivity contribution in [2.75, 3.05) is 17.3 Å². The summed E-state index contributed by atoms with van der Waals surface area (Å²) in [5.41, 5.74) is 2.97. The third kappa shape index (κ3) is 3.96. The molecule has 1 amide bonds. The number of benzodiazepines with no additional fused rings is 1. The molecule has 0 spiro atoms. The number of carbonyl (C=O) groups excluding carboxylic acids is 1. The Bertz CT molecular complexity index is 1090. The maximum atomic E-state index is 13.1. The predicted octanol–water partition coefficient (Wildman–Crippen LogP) is 2.58. The normalized spacial score (nSPS) is 15.9.